The number of carbonyl (C=O) groups is 2. The molecule has 0 aromatic heterocycles. The van der Waals surface area contributed by atoms with Gasteiger partial charge in [-0.1, -0.05) is 18.5 Å². The second-order valence-corrected chi connectivity index (χ2v) is 5.94. The Morgan fingerprint density at radius 1 is 1.35 bits per heavy atom. The quantitative estimate of drug-likeness (QED) is 0.851. The van der Waals surface area contributed by atoms with Gasteiger partial charge < -0.3 is 10.2 Å². The molecule has 2 unspecified atom stereocenters. The Morgan fingerprint density at radius 2 is 2.10 bits per heavy atom. The molecule has 4 nitrogen and oxygen atoms in total. The van der Waals surface area contributed by atoms with E-state index in [4.69, 9.17) is 11.6 Å². The Balaban J connectivity index is 2.06. The summed E-state index contributed by atoms with van der Waals surface area (Å²) >= 11 is 6.36. The molecule has 0 aliphatic carbocycles. The van der Waals surface area contributed by atoms with Crippen LogP contribution in [0, 0.1) is 0 Å². The Kier molecular flexibility index (Phi) is 3.21. The first-order valence-electron chi connectivity index (χ1n) is 7.00. The highest BCUT2D eigenvalue weighted by atomic mass is 35.5. The van der Waals surface area contributed by atoms with Crippen molar-refractivity contribution < 1.29 is 9.59 Å². The third-order valence-corrected chi connectivity index (χ3v) is 4.62. The molecule has 2 heterocycles. The van der Waals surface area contributed by atoms with Crippen LogP contribution in [0.4, 0.5) is 11.4 Å². The molecule has 106 valence electrons. The van der Waals surface area contributed by atoms with Gasteiger partial charge in [0.05, 0.1) is 22.0 Å². The first kappa shape index (κ1) is 13.4. The fourth-order valence-corrected chi connectivity index (χ4v) is 3.52. The van der Waals surface area contributed by atoms with Crippen LogP contribution in [0.5, 0.6) is 0 Å². The van der Waals surface area contributed by atoms with Gasteiger partial charge in [-0.3, -0.25) is 9.59 Å². The average molecular weight is 293 g/mol. The van der Waals surface area contributed by atoms with Crippen LogP contribution in [0.1, 0.15) is 43.5 Å². The van der Waals surface area contributed by atoms with Gasteiger partial charge in [-0.25, -0.2) is 0 Å². The van der Waals surface area contributed by atoms with Gasteiger partial charge in [0.1, 0.15) is 0 Å². The monoisotopic (exact) mass is 292 g/mol. The van der Waals surface area contributed by atoms with Crippen molar-refractivity contribution in [1.29, 1.82) is 0 Å². The zero-order valence-corrected chi connectivity index (χ0v) is 12.3. The van der Waals surface area contributed by atoms with Crippen LogP contribution in [0.2, 0.25) is 5.02 Å². The molecule has 2 aliphatic heterocycles. The summed E-state index contributed by atoms with van der Waals surface area (Å²) < 4.78 is 0. The van der Waals surface area contributed by atoms with Crippen molar-refractivity contribution >= 4 is 34.7 Å². The van der Waals surface area contributed by atoms with E-state index in [1.54, 1.807) is 6.07 Å². The SMILES string of the molecule is CCC1CCC(C)N1c1cc2c(cc1Cl)C(=O)C(=O)N2. The zero-order chi connectivity index (χ0) is 14.4. The number of hydrogen-bond donors (Lipinski definition) is 1. The third kappa shape index (κ3) is 1.90. The molecule has 2 aliphatic rings. The molecule has 2 atom stereocenters. The first-order chi connectivity index (χ1) is 9.52. The van der Waals surface area contributed by atoms with Gasteiger partial charge in [0.15, 0.2) is 0 Å². The highest BCUT2D eigenvalue weighted by Crippen LogP contribution is 2.40. The maximum Gasteiger partial charge on any atom is 0.296 e. The normalized spacial score (nSPS) is 25.1. The van der Waals surface area contributed by atoms with Crippen molar-refractivity contribution in [3.8, 4) is 0 Å². The number of ketones is 1. The maximum atomic E-state index is 11.7. The third-order valence-electron chi connectivity index (χ3n) is 4.32. The minimum Gasteiger partial charge on any atom is -0.365 e. The number of anilines is 2. The molecule has 0 bridgehead atoms. The van der Waals surface area contributed by atoms with Gasteiger partial charge in [-0.2, -0.15) is 0 Å². The van der Waals surface area contributed by atoms with Crippen molar-refractivity contribution in [1.82, 2.24) is 0 Å². The Hall–Kier alpha value is -1.55. The fourth-order valence-electron chi connectivity index (χ4n) is 3.26. The van der Waals surface area contributed by atoms with E-state index in [-0.39, 0.29) is 0 Å². The van der Waals surface area contributed by atoms with E-state index in [0.717, 1.165) is 24.9 Å². The van der Waals surface area contributed by atoms with Crippen LogP contribution in [-0.4, -0.2) is 23.8 Å². The summed E-state index contributed by atoms with van der Waals surface area (Å²) in [5.74, 6) is -1.08. The van der Waals surface area contributed by atoms with Gasteiger partial charge in [0, 0.05) is 12.1 Å². The number of hydrogen-bond acceptors (Lipinski definition) is 3. The topological polar surface area (TPSA) is 49.4 Å². The van der Waals surface area contributed by atoms with Crippen molar-refractivity contribution in [2.45, 2.75) is 45.2 Å². The van der Waals surface area contributed by atoms with Crippen LogP contribution >= 0.6 is 11.6 Å². The number of carbonyl (C=O) groups excluding carboxylic acids is 2. The van der Waals surface area contributed by atoms with Gasteiger partial charge in [-0.05, 0) is 38.3 Å². The summed E-state index contributed by atoms with van der Waals surface area (Å²) in [5.41, 5.74) is 1.87. The highest BCUT2D eigenvalue weighted by Gasteiger charge is 2.34. The lowest BCUT2D eigenvalue weighted by atomic mass is 10.1. The number of rotatable bonds is 2. The van der Waals surface area contributed by atoms with E-state index in [1.165, 1.54) is 0 Å². The molecule has 0 saturated carbocycles. The van der Waals surface area contributed by atoms with E-state index in [0.29, 0.717) is 28.4 Å². The number of halogens is 1. The maximum absolute atomic E-state index is 11.7. The number of Topliss-reactive ketones (excluding diaryl/α,β-unsaturated/α-hetero) is 1. The molecule has 3 rings (SSSR count). The van der Waals surface area contributed by atoms with Crippen molar-refractivity contribution in [2.75, 3.05) is 10.2 Å². The van der Waals surface area contributed by atoms with Crippen LogP contribution in [0.15, 0.2) is 12.1 Å². The van der Waals surface area contributed by atoms with E-state index in [1.807, 2.05) is 6.07 Å². The lowest BCUT2D eigenvalue weighted by Crippen LogP contribution is -2.34. The molecule has 1 N–H and O–H groups in total. The van der Waals surface area contributed by atoms with Gasteiger partial charge in [-0.15, -0.1) is 0 Å². The molecule has 1 aromatic carbocycles. The summed E-state index contributed by atoms with van der Waals surface area (Å²) in [7, 11) is 0. The van der Waals surface area contributed by atoms with E-state index >= 15 is 0 Å². The van der Waals surface area contributed by atoms with Crippen LogP contribution in [0.25, 0.3) is 0 Å². The molecule has 1 amide bonds. The Labute approximate surface area is 123 Å². The van der Waals surface area contributed by atoms with Crippen LogP contribution in [-0.2, 0) is 4.79 Å². The predicted octanol–water partition coefficient (Wildman–Crippen LogP) is 3.24. The molecule has 0 spiro atoms. The number of amides is 1. The number of nitrogens with one attached hydrogen (secondary N) is 1. The first-order valence-corrected chi connectivity index (χ1v) is 7.38. The molecule has 1 saturated heterocycles. The van der Waals surface area contributed by atoms with E-state index in [9.17, 15) is 9.59 Å². The molecule has 1 fully saturated rings. The molecular weight excluding hydrogens is 276 g/mol. The smallest absolute Gasteiger partial charge is 0.296 e. The second kappa shape index (κ2) is 4.77. The molecule has 5 heteroatoms. The van der Waals surface area contributed by atoms with Crippen molar-refractivity contribution in [2.24, 2.45) is 0 Å². The minimum atomic E-state index is -0.574. The molecule has 20 heavy (non-hydrogen) atoms. The van der Waals surface area contributed by atoms with Gasteiger partial charge in [0.2, 0.25) is 0 Å². The summed E-state index contributed by atoms with van der Waals surface area (Å²) in [6.45, 7) is 4.35. The van der Waals surface area contributed by atoms with Crippen LogP contribution in [0.3, 0.4) is 0 Å². The van der Waals surface area contributed by atoms with E-state index in [2.05, 4.69) is 24.1 Å². The highest BCUT2D eigenvalue weighted by molar-refractivity contribution is 6.52. The number of benzene rings is 1. The summed E-state index contributed by atoms with van der Waals surface area (Å²) in [6.07, 6.45) is 3.34. The van der Waals surface area contributed by atoms with Gasteiger partial charge >= 0.3 is 0 Å². The minimum absolute atomic E-state index is 0.378. The lowest BCUT2D eigenvalue weighted by Gasteiger charge is -2.31. The Bertz CT molecular complexity index is 600. The van der Waals surface area contributed by atoms with Crippen molar-refractivity contribution in [3.63, 3.8) is 0 Å². The number of nitrogens with zero attached hydrogens (tertiary/aromatic N) is 1. The molecular formula is C15H17ClN2O2. The summed E-state index contributed by atoms with van der Waals surface area (Å²) in [6, 6.07) is 4.34. The predicted molar refractivity (Wildman–Crippen MR) is 79.7 cm³/mol. The fraction of sp³-hybridized carbons (Fsp3) is 0.467. The van der Waals surface area contributed by atoms with E-state index < -0.39 is 11.7 Å². The van der Waals surface area contributed by atoms with Gasteiger partial charge in [0.25, 0.3) is 11.7 Å². The second-order valence-electron chi connectivity index (χ2n) is 5.53. The average Bonchev–Trinajstić information content (AvgIpc) is 2.91. The molecule has 1 aromatic rings. The van der Waals surface area contributed by atoms with Crippen molar-refractivity contribution in [3.05, 3.63) is 22.7 Å². The summed E-state index contributed by atoms with van der Waals surface area (Å²) in [4.78, 5) is 25.4. The number of fused-ring (bicyclic) bond motifs is 1. The zero-order valence-electron chi connectivity index (χ0n) is 11.6. The molecule has 0 radical (unpaired) electrons. The largest absolute Gasteiger partial charge is 0.365 e. The summed E-state index contributed by atoms with van der Waals surface area (Å²) in [5, 5.41) is 3.15. The lowest BCUT2D eigenvalue weighted by molar-refractivity contribution is -0.112. The van der Waals surface area contributed by atoms with Crippen LogP contribution < -0.4 is 10.2 Å². The Morgan fingerprint density at radius 3 is 2.80 bits per heavy atom. The standard InChI is InChI=1S/C15H17ClN2O2/c1-3-9-5-4-8(2)18(9)13-7-12-10(6-11(13)16)14(19)15(20)17-12/h6-9H,3-5H2,1-2H3,(H,17,19,20).